The molecule has 4 nitrogen and oxygen atoms in total. The van der Waals surface area contributed by atoms with E-state index in [1.54, 1.807) is 6.08 Å². The number of aliphatic hydroxyl groups excluding tert-OH is 1. The molecule has 0 aliphatic heterocycles. The van der Waals surface area contributed by atoms with Crippen LogP contribution in [0.5, 0.6) is 0 Å². The molecule has 0 atom stereocenters. The molecule has 0 saturated heterocycles. The van der Waals surface area contributed by atoms with E-state index in [0.717, 1.165) is 11.3 Å². The summed E-state index contributed by atoms with van der Waals surface area (Å²) in [5, 5.41) is 17.2. The number of nitriles is 1. The molecule has 0 aliphatic carbocycles. The van der Waals surface area contributed by atoms with Crippen LogP contribution in [0.15, 0.2) is 42.2 Å². The molecule has 0 unspecified atom stereocenters. The van der Waals surface area contributed by atoms with Gasteiger partial charge in [-0.3, -0.25) is 0 Å². The first-order valence-corrected chi connectivity index (χ1v) is 5.47. The fourth-order valence-corrected chi connectivity index (χ4v) is 1.32. The van der Waals surface area contributed by atoms with E-state index in [0.29, 0.717) is 0 Å². The number of benzene rings is 1. The second-order valence-corrected chi connectivity index (χ2v) is 3.76. The minimum Gasteiger partial charge on any atom is -0.457 e. The number of ether oxygens (including phenoxy) is 1. The third-order valence-corrected chi connectivity index (χ3v) is 2.28. The van der Waals surface area contributed by atoms with E-state index < -0.39 is 6.79 Å². The standard InChI is InChI=1S/C14H16N2O2/c1-16(2)13-8-6-12(7-9-13)4-3-5-14(10-15)18-11-17/h3-9,17H,11H2,1-2H3/b4-3+,14-5-. The van der Waals surface area contributed by atoms with Gasteiger partial charge in [0, 0.05) is 19.8 Å². The Morgan fingerprint density at radius 3 is 2.56 bits per heavy atom. The molecule has 0 heterocycles. The first kappa shape index (κ1) is 13.8. The maximum Gasteiger partial charge on any atom is 0.199 e. The molecular weight excluding hydrogens is 228 g/mol. The molecule has 0 saturated carbocycles. The highest BCUT2D eigenvalue weighted by Gasteiger charge is 1.94. The second kappa shape index (κ2) is 7.15. The third kappa shape index (κ3) is 4.32. The summed E-state index contributed by atoms with van der Waals surface area (Å²) in [5.74, 6) is 0.0821. The summed E-state index contributed by atoms with van der Waals surface area (Å²) in [4.78, 5) is 2.02. The summed E-state index contributed by atoms with van der Waals surface area (Å²) < 4.78 is 4.68. The van der Waals surface area contributed by atoms with Crippen LogP contribution in [-0.4, -0.2) is 26.0 Å². The molecule has 1 rings (SSSR count). The number of rotatable bonds is 5. The van der Waals surface area contributed by atoms with E-state index in [-0.39, 0.29) is 5.76 Å². The number of hydrogen-bond donors (Lipinski definition) is 1. The first-order chi connectivity index (χ1) is 8.67. The Hall–Kier alpha value is -2.25. The Morgan fingerprint density at radius 2 is 2.06 bits per heavy atom. The van der Waals surface area contributed by atoms with Crippen molar-refractivity contribution in [1.29, 1.82) is 5.26 Å². The Morgan fingerprint density at radius 1 is 1.39 bits per heavy atom. The van der Waals surface area contributed by atoms with E-state index in [9.17, 15) is 0 Å². The number of allylic oxidation sites excluding steroid dienone is 3. The quantitative estimate of drug-likeness (QED) is 0.373. The minimum absolute atomic E-state index is 0.0821. The zero-order valence-corrected chi connectivity index (χ0v) is 10.5. The van der Waals surface area contributed by atoms with Crippen LogP contribution >= 0.6 is 0 Å². The zero-order valence-electron chi connectivity index (χ0n) is 10.5. The molecule has 18 heavy (non-hydrogen) atoms. The summed E-state index contributed by atoms with van der Waals surface area (Å²) in [7, 11) is 3.97. The molecule has 0 aliphatic rings. The summed E-state index contributed by atoms with van der Waals surface area (Å²) in [5.41, 5.74) is 2.15. The van der Waals surface area contributed by atoms with Gasteiger partial charge in [-0.25, -0.2) is 0 Å². The second-order valence-electron chi connectivity index (χ2n) is 3.76. The lowest BCUT2D eigenvalue weighted by atomic mass is 10.2. The van der Waals surface area contributed by atoms with Gasteiger partial charge in [0.1, 0.15) is 6.07 Å². The lowest BCUT2D eigenvalue weighted by Crippen LogP contribution is -2.07. The van der Waals surface area contributed by atoms with Crippen LogP contribution in [0.1, 0.15) is 5.56 Å². The van der Waals surface area contributed by atoms with Crippen molar-refractivity contribution in [1.82, 2.24) is 0 Å². The molecule has 0 spiro atoms. The van der Waals surface area contributed by atoms with Crippen molar-refractivity contribution in [3.8, 4) is 6.07 Å². The molecule has 1 aromatic carbocycles. The fourth-order valence-electron chi connectivity index (χ4n) is 1.32. The van der Waals surface area contributed by atoms with Gasteiger partial charge in [0.05, 0.1) is 0 Å². The normalized spacial score (nSPS) is 11.3. The van der Waals surface area contributed by atoms with Gasteiger partial charge in [0.25, 0.3) is 0 Å². The van der Waals surface area contributed by atoms with E-state index in [1.165, 1.54) is 6.08 Å². The molecule has 1 aromatic rings. The van der Waals surface area contributed by atoms with Crippen molar-refractivity contribution in [2.24, 2.45) is 0 Å². The highest BCUT2D eigenvalue weighted by atomic mass is 16.6. The Balaban J connectivity index is 2.70. The predicted molar refractivity (Wildman–Crippen MR) is 71.7 cm³/mol. The van der Waals surface area contributed by atoms with Gasteiger partial charge in [-0.05, 0) is 23.8 Å². The Labute approximate surface area is 107 Å². The van der Waals surface area contributed by atoms with Gasteiger partial charge >= 0.3 is 0 Å². The van der Waals surface area contributed by atoms with Crippen molar-refractivity contribution >= 4 is 11.8 Å². The van der Waals surface area contributed by atoms with Gasteiger partial charge in [0.15, 0.2) is 12.6 Å². The van der Waals surface area contributed by atoms with Gasteiger partial charge in [0.2, 0.25) is 0 Å². The monoisotopic (exact) mass is 244 g/mol. The fraction of sp³-hybridized carbons (Fsp3) is 0.214. The largest absolute Gasteiger partial charge is 0.457 e. The lowest BCUT2D eigenvalue weighted by Gasteiger charge is -2.11. The van der Waals surface area contributed by atoms with E-state index in [2.05, 4.69) is 4.74 Å². The van der Waals surface area contributed by atoms with Gasteiger partial charge in [-0.1, -0.05) is 24.3 Å². The van der Waals surface area contributed by atoms with Crippen LogP contribution in [0.3, 0.4) is 0 Å². The van der Waals surface area contributed by atoms with Crippen LogP contribution in [0, 0.1) is 11.3 Å². The zero-order chi connectivity index (χ0) is 13.4. The smallest absolute Gasteiger partial charge is 0.199 e. The summed E-state index contributed by atoms with van der Waals surface area (Å²) >= 11 is 0. The van der Waals surface area contributed by atoms with Crippen LogP contribution in [0.25, 0.3) is 6.08 Å². The number of nitrogens with zero attached hydrogens (tertiary/aromatic N) is 2. The summed E-state index contributed by atoms with van der Waals surface area (Å²) in [6.45, 7) is -0.495. The van der Waals surface area contributed by atoms with Crippen LogP contribution in [0.2, 0.25) is 0 Å². The van der Waals surface area contributed by atoms with Crippen LogP contribution < -0.4 is 4.90 Å². The highest BCUT2D eigenvalue weighted by Crippen LogP contribution is 2.13. The van der Waals surface area contributed by atoms with Crippen LogP contribution in [0.4, 0.5) is 5.69 Å². The maximum absolute atomic E-state index is 8.66. The number of anilines is 1. The molecule has 0 amide bonds. The Bertz CT molecular complexity index is 468. The van der Waals surface area contributed by atoms with Crippen molar-refractivity contribution in [2.75, 3.05) is 25.8 Å². The number of hydrogen-bond acceptors (Lipinski definition) is 4. The molecule has 4 heteroatoms. The van der Waals surface area contributed by atoms with Crippen molar-refractivity contribution in [3.63, 3.8) is 0 Å². The Kier molecular flexibility index (Phi) is 5.49. The van der Waals surface area contributed by atoms with Gasteiger partial charge in [-0.15, -0.1) is 0 Å². The summed E-state index contributed by atoms with van der Waals surface area (Å²) in [6.07, 6.45) is 5.08. The van der Waals surface area contributed by atoms with Gasteiger partial charge < -0.3 is 14.7 Å². The molecular formula is C14H16N2O2. The van der Waals surface area contributed by atoms with Crippen molar-refractivity contribution in [3.05, 3.63) is 47.7 Å². The van der Waals surface area contributed by atoms with Crippen molar-refractivity contribution in [2.45, 2.75) is 0 Å². The topological polar surface area (TPSA) is 56.5 Å². The molecule has 1 N–H and O–H groups in total. The third-order valence-electron chi connectivity index (χ3n) is 2.28. The first-order valence-electron chi connectivity index (χ1n) is 5.47. The van der Waals surface area contributed by atoms with Crippen LogP contribution in [-0.2, 0) is 4.74 Å². The predicted octanol–water partition coefficient (Wildman–Crippen LogP) is 2.14. The minimum atomic E-state index is -0.495. The molecule has 0 bridgehead atoms. The lowest BCUT2D eigenvalue weighted by molar-refractivity contribution is 0.0492. The highest BCUT2D eigenvalue weighted by molar-refractivity contribution is 5.56. The van der Waals surface area contributed by atoms with Crippen molar-refractivity contribution < 1.29 is 9.84 Å². The van der Waals surface area contributed by atoms with E-state index >= 15 is 0 Å². The van der Waals surface area contributed by atoms with E-state index in [1.807, 2.05) is 55.4 Å². The average molecular weight is 244 g/mol. The van der Waals surface area contributed by atoms with E-state index in [4.69, 9.17) is 10.4 Å². The molecule has 94 valence electrons. The SMILES string of the molecule is CN(C)c1ccc(/C=C/C=C(/C#N)OCO)cc1. The molecule has 0 fully saturated rings. The molecule has 0 radical (unpaired) electrons. The summed E-state index contributed by atoms with van der Waals surface area (Å²) in [6, 6.07) is 9.83. The molecule has 0 aromatic heterocycles. The number of aliphatic hydroxyl groups is 1. The van der Waals surface area contributed by atoms with Gasteiger partial charge in [-0.2, -0.15) is 5.26 Å². The maximum atomic E-state index is 8.66. The average Bonchev–Trinajstić information content (AvgIpc) is 2.38.